The third-order valence-electron chi connectivity index (χ3n) is 3.09. The summed E-state index contributed by atoms with van der Waals surface area (Å²) in [4.78, 5) is 12.2. The number of amides is 1. The number of benzene rings is 1. The Bertz CT molecular complexity index is 631. The normalized spacial score (nSPS) is 10.2. The lowest BCUT2D eigenvalue weighted by Crippen LogP contribution is -2.15. The molecule has 0 aliphatic heterocycles. The van der Waals surface area contributed by atoms with Gasteiger partial charge in [-0.25, -0.2) is 0 Å². The van der Waals surface area contributed by atoms with E-state index in [2.05, 4.69) is 20.8 Å². The maximum absolute atomic E-state index is 12.2. The van der Waals surface area contributed by atoms with Gasteiger partial charge in [0.05, 0.1) is 12.7 Å². The molecule has 0 spiro atoms. The number of carbonyl (C=O) groups excluding carboxylic acids is 1. The van der Waals surface area contributed by atoms with Crippen molar-refractivity contribution in [2.24, 2.45) is 0 Å². The average Bonchev–Trinajstić information content (AvgIpc) is 2.60. The highest BCUT2D eigenvalue weighted by Gasteiger charge is 2.12. The molecule has 0 aliphatic carbocycles. The number of hydrogen-bond acceptors (Lipinski definition) is 6. The van der Waals surface area contributed by atoms with E-state index in [0.717, 1.165) is 13.0 Å². The number of nitrogens with one attached hydrogen (secondary N) is 2. The number of ether oxygens (including phenoxy) is 2. The van der Waals surface area contributed by atoms with Crippen LogP contribution in [-0.4, -0.2) is 43.5 Å². The van der Waals surface area contributed by atoms with Crippen molar-refractivity contribution in [1.29, 1.82) is 0 Å². The summed E-state index contributed by atoms with van der Waals surface area (Å²) >= 11 is 0. The number of hydrogen-bond donors (Lipinski definition) is 2. The second-order valence-electron chi connectivity index (χ2n) is 4.73. The first-order valence-electron chi connectivity index (χ1n) is 7.25. The van der Waals surface area contributed by atoms with Gasteiger partial charge in [-0.1, -0.05) is 12.1 Å². The second-order valence-corrected chi connectivity index (χ2v) is 4.73. The van der Waals surface area contributed by atoms with Crippen LogP contribution in [0.3, 0.4) is 0 Å². The highest BCUT2D eigenvalue weighted by molar-refractivity contribution is 6.05. The van der Waals surface area contributed by atoms with Crippen LogP contribution in [0.15, 0.2) is 36.4 Å². The Labute approximate surface area is 135 Å². The van der Waals surface area contributed by atoms with E-state index in [1.165, 1.54) is 7.11 Å². The highest BCUT2D eigenvalue weighted by atomic mass is 16.5. The maximum Gasteiger partial charge on any atom is 0.260 e. The van der Waals surface area contributed by atoms with Crippen molar-refractivity contribution in [3.63, 3.8) is 0 Å². The van der Waals surface area contributed by atoms with Crippen LogP contribution in [0.2, 0.25) is 0 Å². The first-order valence-corrected chi connectivity index (χ1v) is 7.25. The molecule has 1 amide bonds. The van der Waals surface area contributed by atoms with E-state index in [-0.39, 0.29) is 5.91 Å². The van der Waals surface area contributed by atoms with E-state index in [9.17, 15) is 4.79 Å². The Balaban J connectivity index is 1.94. The van der Waals surface area contributed by atoms with Crippen LogP contribution >= 0.6 is 0 Å². The molecule has 0 saturated heterocycles. The molecule has 0 unspecified atom stereocenters. The zero-order valence-electron chi connectivity index (χ0n) is 13.2. The van der Waals surface area contributed by atoms with E-state index in [1.807, 2.05) is 0 Å². The summed E-state index contributed by atoms with van der Waals surface area (Å²) in [6, 6.07) is 10.5. The number of aromatic nitrogens is 2. The molecule has 122 valence electrons. The molecule has 0 fully saturated rings. The van der Waals surface area contributed by atoms with Gasteiger partial charge in [0, 0.05) is 20.3 Å². The summed E-state index contributed by atoms with van der Waals surface area (Å²) < 4.78 is 10.1. The average molecular weight is 316 g/mol. The van der Waals surface area contributed by atoms with Gasteiger partial charge < -0.3 is 20.1 Å². The lowest BCUT2D eigenvalue weighted by atomic mass is 10.2. The lowest BCUT2D eigenvalue weighted by molar-refractivity contribution is 0.102. The molecular weight excluding hydrogens is 296 g/mol. The van der Waals surface area contributed by atoms with Gasteiger partial charge in [0.15, 0.2) is 5.82 Å². The fraction of sp³-hybridized carbons (Fsp3) is 0.312. The molecule has 0 radical (unpaired) electrons. The van der Waals surface area contributed by atoms with Gasteiger partial charge in [-0.2, -0.15) is 0 Å². The van der Waals surface area contributed by atoms with Crippen LogP contribution in [-0.2, 0) is 4.74 Å². The molecule has 7 nitrogen and oxygen atoms in total. The predicted molar refractivity (Wildman–Crippen MR) is 88.0 cm³/mol. The smallest absolute Gasteiger partial charge is 0.260 e. The van der Waals surface area contributed by atoms with E-state index in [0.29, 0.717) is 29.6 Å². The van der Waals surface area contributed by atoms with Crippen molar-refractivity contribution < 1.29 is 14.3 Å². The van der Waals surface area contributed by atoms with Crippen molar-refractivity contribution in [2.45, 2.75) is 6.42 Å². The van der Waals surface area contributed by atoms with Gasteiger partial charge >= 0.3 is 0 Å². The summed E-state index contributed by atoms with van der Waals surface area (Å²) in [7, 11) is 3.19. The maximum atomic E-state index is 12.2. The van der Waals surface area contributed by atoms with Crippen molar-refractivity contribution in [1.82, 2.24) is 10.2 Å². The topological polar surface area (TPSA) is 85.4 Å². The van der Waals surface area contributed by atoms with E-state index < -0.39 is 0 Å². The zero-order valence-corrected chi connectivity index (χ0v) is 13.2. The predicted octanol–water partition coefficient (Wildman–Crippen LogP) is 2.19. The van der Waals surface area contributed by atoms with Crippen molar-refractivity contribution in [3.05, 3.63) is 42.0 Å². The van der Waals surface area contributed by atoms with Gasteiger partial charge in [-0.15, -0.1) is 10.2 Å². The van der Waals surface area contributed by atoms with E-state index in [1.54, 1.807) is 43.5 Å². The van der Waals surface area contributed by atoms with Crippen LogP contribution in [0.25, 0.3) is 0 Å². The molecule has 0 aliphatic rings. The quantitative estimate of drug-likeness (QED) is 0.726. The molecule has 2 rings (SSSR count). The first-order chi connectivity index (χ1) is 11.2. The Morgan fingerprint density at radius 1 is 1.09 bits per heavy atom. The van der Waals surface area contributed by atoms with Crippen LogP contribution in [0.1, 0.15) is 16.8 Å². The Morgan fingerprint density at radius 2 is 1.83 bits per heavy atom. The molecule has 2 aromatic rings. The fourth-order valence-electron chi connectivity index (χ4n) is 1.94. The molecule has 23 heavy (non-hydrogen) atoms. The summed E-state index contributed by atoms with van der Waals surface area (Å²) in [6.45, 7) is 1.43. The Hall–Kier alpha value is -2.67. The molecule has 1 aromatic heterocycles. The minimum atomic E-state index is -0.294. The number of anilines is 2. The second kappa shape index (κ2) is 8.70. The van der Waals surface area contributed by atoms with Gasteiger partial charge in [0.1, 0.15) is 11.6 Å². The number of carbonyl (C=O) groups is 1. The van der Waals surface area contributed by atoms with Crippen molar-refractivity contribution in [3.8, 4) is 5.75 Å². The van der Waals surface area contributed by atoms with Crippen LogP contribution in [0.4, 0.5) is 11.6 Å². The molecule has 0 atom stereocenters. The van der Waals surface area contributed by atoms with Crippen LogP contribution < -0.4 is 15.4 Å². The number of para-hydroxylation sites is 1. The zero-order chi connectivity index (χ0) is 16.5. The van der Waals surface area contributed by atoms with Gasteiger partial charge in [-0.3, -0.25) is 4.79 Å². The SMILES string of the molecule is COCCCNc1ccc(NC(=O)c2ccccc2OC)nn1. The third kappa shape index (κ3) is 4.93. The highest BCUT2D eigenvalue weighted by Crippen LogP contribution is 2.18. The summed E-state index contributed by atoms with van der Waals surface area (Å²) in [5, 5.41) is 13.8. The molecule has 2 N–H and O–H groups in total. The van der Waals surface area contributed by atoms with E-state index in [4.69, 9.17) is 9.47 Å². The molecule has 1 heterocycles. The summed E-state index contributed by atoms with van der Waals surface area (Å²) in [6.07, 6.45) is 0.879. The molecule has 1 aromatic carbocycles. The van der Waals surface area contributed by atoms with Gasteiger partial charge in [0.25, 0.3) is 5.91 Å². The molecular formula is C16H20N4O3. The summed E-state index contributed by atoms with van der Waals surface area (Å²) in [5.74, 6) is 1.24. The van der Waals surface area contributed by atoms with Crippen LogP contribution in [0.5, 0.6) is 5.75 Å². The first kappa shape index (κ1) is 16.7. The monoisotopic (exact) mass is 316 g/mol. The number of rotatable bonds is 8. The number of nitrogens with zero attached hydrogens (tertiary/aromatic N) is 2. The minimum absolute atomic E-state index is 0.294. The largest absolute Gasteiger partial charge is 0.496 e. The number of methoxy groups -OCH3 is 2. The fourth-order valence-corrected chi connectivity index (χ4v) is 1.94. The van der Waals surface area contributed by atoms with Gasteiger partial charge in [0.2, 0.25) is 0 Å². The Kier molecular flexibility index (Phi) is 6.31. The molecule has 0 bridgehead atoms. The van der Waals surface area contributed by atoms with Crippen molar-refractivity contribution in [2.75, 3.05) is 38.0 Å². The summed E-state index contributed by atoms with van der Waals surface area (Å²) in [5.41, 5.74) is 0.443. The lowest BCUT2D eigenvalue weighted by Gasteiger charge is -2.09. The standard InChI is InChI=1S/C16H20N4O3/c1-22-11-5-10-17-14-8-9-15(20-19-14)18-16(21)12-6-3-4-7-13(12)23-2/h3-4,6-9H,5,10-11H2,1-2H3,(H,17,19)(H,18,20,21). The minimum Gasteiger partial charge on any atom is -0.496 e. The van der Waals surface area contributed by atoms with Gasteiger partial charge in [-0.05, 0) is 30.7 Å². The van der Waals surface area contributed by atoms with E-state index >= 15 is 0 Å². The molecule has 0 saturated carbocycles. The van der Waals surface area contributed by atoms with Crippen LogP contribution in [0, 0.1) is 0 Å². The molecule has 7 heteroatoms. The van der Waals surface area contributed by atoms with Crippen molar-refractivity contribution >= 4 is 17.5 Å². The third-order valence-corrected chi connectivity index (χ3v) is 3.09. The Morgan fingerprint density at radius 3 is 2.52 bits per heavy atom.